The highest BCUT2D eigenvalue weighted by atomic mass is 32.1. The summed E-state index contributed by atoms with van der Waals surface area (Å²) >= 11 is 5.69. The third kappa shape index (κ3) is 7.31. The second kappa shape index (κ2) is 12.2. The van der Waals surface area contributed by atoms with Gasteiger partial charge in [-0.2, -0.15) is 18.4 Å². The van der Waals surface area contributed by atoms with E-state index in [1.54, 1.807) is 35.6 Å². The van der Waals surface area contributed by atoms with Gasteiger partial charge in [-0.25, -0.2) is 9.99 Å². The van der Waals surface area contributed by atoms with Crippen LogP contribution >= 0.6 is 12.2 Å². The SMILES string of the molecule is N#Cc1ccc(Cn2cncc2CCN(Cc2ccccc2C(F)(F)F)C(=S)NN2CCCCC2)cc1. The number of thiocarbonyl (C=S) groups is 1. The number of nitriles is 1. The van der Waals surface area contributed by atoms with Gasteiger partial charge < -0.3 is 9.47 Å². The fourth-order valence-corrected chi connectivity index (χ4v) is 4.72. The molecule has 4 rings (SSSR count). The number of imidazole rings is 1. The van der Waals surface area contributed by atoms with Gasteiger partial charge in [0.1, 0.15) is 0 Å². The topological polar surface area (TPSA) is 60.1 Å². The van der Waals surface area contributed by atoms with Gasteiger partial charge in [-0.05, 0) is 54.4 Å². The van der Waals surface area contributed by atoms with Crippen molar-refractivity contribution in [2.24, 2.45) is 0 Å². The second-order valence-corrected chi connectivity index (χ2v) is 9.50. The first-order valence-corrected chi connectivity index (χ1v) is 12.7. The average Bonchev–Trinajstić information content (AvgIpc) is 3.34. The van der Waals surface area contributed by atoms with Crippen molar-refractivity contribution in [3.05, 3.63) is 89.0 Å². The quantitative estimate of drug-likeness (QED) is 0.410. The summed E-state index contributed by atoms with van der Waals surface area (Å²) in [4.78, 5) is 6.08. The average molecular weight is 527 g/mol. The molecule has 0 bridgehead atoms. The van der Waals surface area contributed by atoms with Crippen LogP contribution in [0.5, 0.6) is 0 Å². The molecule has 0 spiro atoms. The first-order chi connectivity index (χ1) is 17.8. The van der Waals surface area contributed by atoms with Gasteiger partial charge in [0.25, 0.3) is 0 Å². The predicted octanol–water partition coefficient (Wildman–Crippen LogP) is 5.14. The van der Waals surface area contributed by atoms with E-state index < -0.39 is 11.7 Å². The molecule has 1 aromatic heterocycles. The van der Waals surface area contributed by atoms with Crippen molar-refractivity contribution in [2.75, 3.05) is 19.6 Å². The molecule has 1 aliphatic heterocycles. The van der Waals surface area contributed by atoms with E-state index in [0.29, 0.717) is 30.2 Å². The van der Waals surface area contributed by atoms with Crippen molar-refractivity contribution in [3.63, 3.8) is 0 Å². The first-order valence-electron chi connectivity index (χ1n) is 12.3. The molecule has 0 saturated carbocycles. The predicted molar refractivity (Wildman–Crippen MR) is 139 cm³/mol. The highest BCUT2D eigenvalue weighted by molar-refractivity contribution is 7.80. The molecule has 1 saturated heterocycles. The minimum atomic E-state index is -4.44. The minimum absolute atomic E-state index is 0.0408. The number of rotatable bonds is 8. The van der Waals surface area contributed by atoms with Crippen LogP contribution in [-0.4, -0.2) is 44.2 Å². The Morgan fingerprint density at radius 1 is 1.08 bits per heavy atom. The Bertz CT molecular complexity index is 1230. The zero-order valence-electron chi connectivity index (χ0n) is 20.4. The highest BCUT2D eigenvalue weighted by Crippen LogP contribution is 2.32. The van der Waals surface area contributed by atoms with Crippen LogP contribution < -0.4 is 5.43 Å². The number of hydrazine groups is 1. The number of nitrogens with zero attached hydrogens (tertiary/aromatic N) is 5. The molecule has 1 fully saturated rings. The van der Waals surface area contributed by atoms with Crippen molar-refractivity contribution in [2.45, 2.75) is 44.9 Å². The summed E-state index contributed by atoms with van der Waals surface area (Å²) in [7, 11) is 0. The molecule has 1 aliphatic rings. The third-order valence-electron chi connectivity index (χ3n) is 6.45. The zero-order chi connectivity index (χ0) is 26.3. The lowest BCUT2D eigenvalue weighted by Crippen LogP contribution is -2.51. The van der Waals surface area contributed by atoms with Crippen LogP contribution in [0, 0.1) is 11.3 Å². The summed E-state index contributed by atoms with van der Waals surface area (Å²) < 4.78 is 43.1. The van der Waals surface area contributed by atoms with Crippen LogP contribution in [0.25, 0.3) is 0 Å². The zero-order valence-corrected chi connectivity index (χ0v) is 21.2. The number of hydrogen-bond donors (Lipinski definition) is 1. The number of benzene rings is 2. The van der Waals surface area contributed by atoms with Gasteiger partial charge in [0, 0.05) is 51.0 Å². The van der Waals surface area contributed by atoms with Crippen molar-refractivity contribution in [1.82, 2.24) is 24.9 Å². The van der Waals surface area contributed by atoms with Gasteiger partial charge in [-0.3, -0.25) is 5.43 Å². The molecule has 10 heteroatoms. The molecular formula is C27H29F3N6S. The highest BCUT2D eigenvalue weighted by Gasteiger charge is 2.33. The maximum atomic E-state index is 13.7. The molecule has 37 heavy (non-hydrogen) atoms. The second-order valence-electron chi connectivity index (χ2n) is 9.11. The van der Waals surface area contributed by atoms with Gasteiger partial charge in [0.15, 0.2) is 5.11 Å². The van der Waals surface area contributed by atoms with Gasteiger partial charge in [-0.1, -0.05) is 36.8 Å². The molecule has 0 radical (unpaired) electrons. The Morgan fingerprint density at radius 2 is 1.81 bits per heavy atom. The number of alkyl halides is 3. The molecule has 3 aromatic rings. The number of nitrogens with one attached hydrogen (secondary N) is 1. The number of halogens is 3. The summed E-state index contributed by atoms with van der Waals surface area (Å²) in [6.07, 6.45) is 2.89. The Hall–Kier alpha value is -3.42. The molecule has 1 N–H and O–H groups in total. The summed E-state index contributed by atoms with van der Waals surface area (Å²) in [5, 5.41) is 11.5. The van der Waals surface area contributed by atoms with E-state index in [0.717, 1.165) is 49.7 Å². The fourth-order valence-electron chi connectivity index (χ4n) is 4.43. The van der Waals surface area contributed by atoms with Crippen LogP contribution in [0.1, 0.15) is 47.2 Å². The maximum absolute atomic E-state index is 13.7. The Labute approximate surface area is 220 Å². The Balaban J connectivity index is 1.50. The van der Waals surface area contributed by atoms with Crippen molar-refractivity contribution in [3.8, 4) is 6.07 Å². The summed E-state index contributed by atoms with van der Waals surface area (Å²) in [6, 6.07) is 15.1. The van der Waals surface area contributed by atoms with E-state index in [9.17, 15) is 13.2 Å². The van der Waals surface area contributed by atoms with Gasteiger partial charge >= 0.3 is 6.18 Å². The third-order valence-corrected chi connectivity index (χ3v) is 6.80. The number of aromatic nitrogens is 2. The van der Waals surface area contributed by atoms with Crippen LogP contribution in [0.3, 0.4) is 0 Å². The Morgan fingerprint density at radius 3 is 2.51 bits per heavy atom. The van der Waals surface area contributed by atoms with Gasteiger partial charge in [0.05, 0.1) is 23.5 Å². The molecule has 2 heterocycles. The molecular weight excluding hydrogens is 497 g/mol. The number of piperidine rings is 1. The fraction of sp³-hybridized carbons (Fsp3) is 0.370. The van der Waals surface area contributed by atoms with E-state index in [1.807, 2.05) is 21.7 Å². The van der Waals surface area contributed by atoms with E-state index >= 15 is 0 Å². The van der Waals surface area contributed by atoms with Crippen molar-refractivity contribution in [1.29, 1.82) is 5.26 Å². The largest absolute Gasteiger partial charge is 0.416 e. The lowest BCUT2D eigenvalue weighted by atomic mass is 10.1. The normalized spacial score (nSPS) is 14.2. The van der Waals surface area contributed by atoms with Crippen LogP contribution in [0.4, 0.5) is 13.2 Å². The summed E-state index contributed by atoms with van der Waals surface area (Å²) in [5.74, 6) is 0. The summed E-state index contributed by atoms with van der Waals surface area (Å²) in [6.45, 7) is 2.74. The lowest BCUT2D eigenvalue weighted by Gasteiger charge is -2.33. The maximum Gasteiger partial charge on any atom is 0.416 e. The smallest absolute Gasteiger partial charge is 0.343 e. The summed E-state index contributed by atoms with van der Waals surface area (Å²) in [5.41, 5.74) is 5.36. The monoisotopic (exact) mass is 526 g/mol. The lowest BCUT2D eigenvalue weighted by molar-refractivity contribution is -0.138. The van der Waals surface area contributed by atoms with Crippen molar-refractivity contribution >= 4 is 17.3 Å². The van der Waals surface area contributed by atoms with Gasteiger partial charge in [-0.15, -0.1) is 0 Å². The van der Waals surface area contributed by atoms with Crippen LogP contribution in [0.2, 0.25) is 0 Å². The molecule has 0 unspecified atom stereocenters. The van der Waals surface area contributed by atoms with E-state index in [1.165, 1.54) is 12.1 Å². The van der Waals surface area contributed by atoms with Gasteiger partial charge in [0.2, 0.25) is 0 Å². The molecule has 194 valence electrons. The van der Waals surface area contributed by atoms with E-state index in [2.05, 4.69) is 16.5 Å². The Kier molecular flexibility index (Phi) is 8.79. The number of hydrogen-bond acceptors (Lipinski definition) is 4. The molecule has 0 aliphatic carbocycles. The molecule has 0 amide bonds. The standard InChI is InChI=1S/C27H29F3N6S/c28-27(29,30)25-7-3-2-6-23(25)19-34(26(37)33-36-13-4-1-5-14-36)15-12-24-17-32-20-35(24)18-22-10-8-21(16-31)9-11-22/h2-3,6-11,17,20H,1,4-5,12-15,18-19H2,(H,33,37). The van der Waals surface area contributed by atoms with E-state index in [4.69, 9.17) is 17.5 Å². The molecule has 2 aromatic carbocycles. The molecule has 0 atom stereocenters. The van der Waals surface area contributed by atoms with Crippen LogP contribution in [-0.2, 0) is 25.7 Å². The minimum Gasteiger partial charge on any atom is -0.343 e. The van der Waals surface area contributed by atoms with Crippen molar-refractivity contribution < 1.29 is 13.2 Å². The molecule has 6 nitrogen and oxygen atoms in total. The van der Waals surface area contributed by atoms with E-state index in [-0.39, 0.29) is 12.1 Å². The van der Waals surface area contributed by atoms with Crippen LogP contribution in [0.15, 0.2) is 61.1 Å². The first kappa shape index (κ1) is 26.6.